The molecule has 0 atom stereocenters. The Morgan fingerprint density at radius 2 is 1.74 bits per heavy atom. The van der Waals surface area contributed by atoms with Crippen LogP contribution in [0.4, 0.5) is 5.69 Å². The number of hydrogen-bond donors (Lipinski definition) is 1. The molecule has 2 aromatic rings. The van der Waals surface area contributed by atoms with E-state index in [-0.39, 0.29) is 5.91 Å². The molecule has 1 amide bonds. The van der Waals surface area contributed by atoms with Gasteiger partial charge in [0, 0.05) is 33.4 Å². The molecule has 0 saturated carbocycles. The quantitative estimate of drug-likeness (QED) is 0.834. The number of halogens is 2. The van der Waals surface area contributed by atoms with Gasteiger partial charge in [0.1, 0.15) is 13.2 Å². The normalized spacial score (nSPS) is 13.1. The van der Waals surface area contributed by atoms with E-state index < -0.39 is 0 Å². The van der Waals surface area contributed by atoms with Crippen LogP contribution in [0.5, 0.6) is 11.5 Å². The second-order valence-corrected chi connectivity index (χ2v) is 5.63. The fourth-order valence-electron chi connectivity index (χ4n) is 2.13. The average molecular weight is 350 g/mol. The summed E-state index contributed by atoms with van der Waals surface area (Å²) in [5.74, 6) is 0.998. The third-order valence-electron chi connectivity index (χ3n) is 3.21. The number of hydrogen-bond acceptors (Lipinski definition) is 3. The maximum atomic E-state index is 12.0. The van der Waals surface area contributed by atoms with Crippen LogP contribution in [-0.4, -0.2) is 19.1 Å². The maximum Gasteiger partial charge on any atom is 0.248 e. The summed E-state index contributed by atoms with van der Waals surface area (Å²) >= 11 is 12.1. The summed E-state index contributed by atoms with van der Waals surface area (Å²) in [7, 11) is 0. The van der Waals surface area contributed by atoms with Crippen LogP contribution in [0.2, 0.25) is 10.0 Å². The van der Waals surface area contributed by atoms with Gasteiger partial charge in [-0.25, -0.2) is 0 Å². The molecule has 0 aliphatic carbocycles. The average Bonchev–Trinajstić information content (AvgIpc) is 2.54. The zero-order valence-electron chi connectivity index (χ0n) is 12.0. The van der Waals surface area contributed by atoms with E-state index in [0.29, 0.717) is 46.0 Å². The lowest BCUT2D eigenvalue weighted by Crippen LogP contribution is -2.16. The van der Waals surface area contributed by atoms with Gasteiger partial charge in [-0.3, -0.25) is 4.79 Å². The lowest BCUT2D eigenvalue weighted by molar-refractivity contribution is -0.111. The van der Waals surface area contributed by atoms with Crippen molar-refractivity contribution in [3.05, 3.63) is 58.1 Å². The maximum absolute atomic E-state index is 12.0. The van der Waals surface area contributed by atoms with E-state index in [2.05, 4.69) is 5.32 Å². The first-order valence-electron chi connectivity index (χ1n) is 6.96. The van der Waals surface area contributed by atoms with Crippen molar-refractivity contribution in [2.75, 3.05) is 18.5 Å². The highest BCUT2D eigenvalue weighted by Crippen LogP contribution is 2.32. The van der Waals surface area contributed by atoms with Gasteiger partial charge >= 0.3 is 0 Å². The van der Waals surface area contributed by atoms with Crippen LogP contribution < -0.4 is 14.8 Å². The largest absolute Gasteiger partial charge is 0.486 e. The molecule has 1 aliphatic rings. The molecule has 1 N–H and O–H groups in total. The smallest absolute Gasteiger partial charge is 0.248 e. The van der Waals surface area contributed by atoms with Gasteiger partial charge in [-0.2, -0.15) is 0 Å². The summed E-state index contributed by atoms with van der Waals surface area (Å²) in [6.45, 7) is 1.02. The zero-order chi connectivity index (χ0) is 16.2. The van der Waals surface area contributed by atoms with E-state index in [1.54, 1.807) is 42.5 Å². The Kier molecular flexibility index (Phi) is 4.74. The first-order chi connectivity index (χ1) is 11.1. The van der Waals surface area contributed by atoms with Gasteiger partial charge < -0.3 is 14.8 Å². The highest BCUT2D eigenvalue weighted by atomic mass is 35.5. The molecule has 3 rings (SSSR count). The molecule has 6 heteroatoms. The van der Waals surface area contributed by atoms with Crippen LogP contribution in [0, 0.1) is 0 Å². The van der Waals surface area contributed by atoms with Crippen molar-refractivity contribution in [2.45, 2.75) is 0 Å². The van der Waals surface area contributed by atoms with Crippen molar-refractivity contribution in [3.8, 4) is 11.5 Å². The minimum Gasteiger partial charge on any atom is -0.486 e. The van der Waals surface area contributed by atoms with Gasteiger partial charge in [0.05, 0.1) is 0 Å². The number of amides is 1. The van der Waals surface area contributed by atoms with Crippen LogP contribution in [0.25, 0.3) is 6.08 Å². The first kappa shape index (κ1) is 15.7. The summed E-state index contributed by atoms with van der Waals surface area (Å²) in [5.41, 5.74) is 1.22. The number of benzene rings is 2. The van der Waals surface area contributed by atoms with Gasteiger partial charge in [-0.1, -0.05) is 29.3 Å². The molecule has 0 aromatic heterocycles. The lowest BCUT2D eigenvalue weighted by atomic mass is 10.2. The Morgan fingerprint density at radius 1 is 1.04 bits per heavy atom. The Balaban J connectivity index is 1.71. The molecule has 0 spiro atoms. The minimum atomic E-state index is -0.294. The highest BCUT2D eigenvalue weighted by Gasteiger charge is 2.12. The summed E-state index contributed by atoms with van der Waals surface area (Å²) in [6, 6.07) is 10.4. The summed E-state index contributed by atoms with van der Waals surface area (Å²) < 4.78 is 10.9. The van der Waals surface area contributed by atoms with E-state index in [1.165, 1.54) is 6.08 Å². The van der Waals surface area contributed by atoms with Crippen molar-refractivity contribution >= 4 is 40.9 Å². The monoisotopic (exact) mass is 349 g/mol. The number of carbonyl (C=O) groups excluding carboxylic acids is 1. The molecule has 23 heavy (non-hydrogen) atoms. The van der Waals surface area contributed by atoms with E-state index in [1.807, 2.05) is 0 Å². The zero-order valence-corrected chi connectivity index (χ0v) is 13.5. The minimum absolute atomic E-state index is 0.294. The molecule has 2 aromatic carbocycles. The number of fused-ring (bicyclic) bond motifs is 1. The molecule has 0 radical (unpaired) electrons. The lowest BCUT2D eigenvalue weighted by Gasteiger charge is -2.18. The van der Waals surface area contributed by atoms with Crippen molar-refractivity contribution in [1.82, 2.24) is 0 Å². The Bertz CT molecular complexity index is 754. The van der Waals surface area contributed by atoms with Gasteiger partial charge in [-0.15, -0.1) is 0 Å². The molecule has 1 heterocycles. The molecule has 0 unspecified atom stereocenters. The highest BCUT2D eigenvalue weighted by molar-refractivity contribution is 6.37. The van der Waals surface area contributed by atoms with E-state index >= 15 is 0 Å². The van der Waals surface area contributed by atoms with Gasteiger partial charge in [-0.05, 0) is 30.3 Å². The van der Waals surface area contributed by atoms with E-state index in [0.717, 1.165) is 0 Å². The molecule has 0 bridgehead atoms. The topological polar surface area (TPSA) is 47.6 Å². The predicted molar refractivity (Wildman–Crippen MR) is 91.6 cm³/mol. The molecule has 4 nitrogen and oxygen atoms in total. The molecule has 0 saturated heterocycles. The molecule has 118 valence electrons. The van der Waals surface area contributed by atoms with Crippen molar-refractivity contribution in [3.63, 3.8) is 0 Å². The van der Waals surface area contributed by atoms with Crippen LogP contribution in [0.3, 0.4) is 0 Å². The fourth-order valence-corrected chi connectivity index (χ4v) is 2.66. The third kappa shape index (κ3) is 3.78. The predicted octanol–water partition coefficient (Wildman–Crippen LogP) is 4.42. The second kappa shape index (κ2) is 6.94. The van der Waals surface area contributed by atoms with Crippen molar-refractivity contribution in [1.29, 1.82) is 0 Å². The van der Waals surface area contributed by atoms with E-state index in [4.69, 9.17) is 32.7 Å². The molecular formula is C17H13Cl2NO3. The Labute approximate surface area is 143 Å². The van der Waals surface area contributed by atoms with Gasteiger partial charge in [0.15, 0.2) is 11.5 Å². The number of nitrogens with one attached hydrogen (secondary N) is 1. The van der Waals surface area contributed by atoms with Crippen LogP contribution in [0.1, 0.15) is 5.56 Å². The Hall–Kier alpha value is -2.17. The first-order valence-corrected chi connectivity index (χ1v) is 7.72. The van der Waals surface area contributed by atoms with Crippen LogP contribution >= 0.6 is 23.2 Å². The van der Waals surface area contributed by atoms with Crippen molar-refractivity contribution in [2.24, 2.45) is 0 Å². The summed E-state index contributed by atoms with van der Waals surface area (Å²) in [6.07, 6.45) is 2.96. The third-order valence-corrected chi connectivity index (χ3v) is 3.87. The van der Waals surface area contributed by atoms with Crippen molar-refractivity contribution < 1.29 is 14.3 Å². The van der Waals surface area contributed by atoms with Gasteiger partial charge in [0.25, 0.3) is 0 Å². The Morgan fingerprint density at radius 3 is 2.48 bits per heavy atom. The SMILES string of the molecule is O=C(/C=C/c1c(Cl)cccc1Cl)Nc1ccc2c(c1)OCCO2. The number of anilines is 1. The second-order valence-electron chi connectivity index (χ2n) is 4.82. The van der Waals surface area contributed by atoms with Crippen LogP contribution in [-0.2, 0) is 4.79 Å². The molecular weight excluding hydrogens is 337 g/mol. The van der Waals surface area contributed by atoms with Gasteiger partial charge in [0.2, 0.25) is 5.91 Å². The van der Waals surface area contributed by atoms with Crippen LogP contribution in [0.15, 0.2) is 42.5 Å². The number of rotatable bonds is 3. The summed E-state index contributed by atoms with van der Waals surface area (Å²) in [5, 5.41) is 3.73. The standard InChI is InChI=1S/C17H13Cl2NO3/c18-13-2-1-3-14(19)12(13)5-7-17(21)20-11-4-6-15-16(10-11)23-9-8-22-15/h1-7,10H,8-9H2,(H,20,21)/b7-5+. The molecule has 1 aliphatic heterocycles. The summed E-state index contributed by atoms with van der Waals surface area (Å²) in [4.78, 5) is 12.0. The molecule has 0 fully saturated rings. The van der Waals surface area contributed by atoms with E-state index in [9.17, 15) is 4.79 Å². The number of ether oxygens (including phenoxy) is 2. The fraction of sp³-hybridized carbons (Fsp3) is 0.118. The number of carbonyl (C=O) groups is 1.